The molecule has 0 bridgehead atoms. The third-order valence-electron chi connectivity index (χ3n) is 3.76. The molecule has 0 radical (unpaired) electrons. The van der Waals surface area contributed by atoms with Crippen LogP contribution < -0.4 is 10.1 Å². The minimum atomic E-state index is -0.274. The van der Waals surface area contributed by atoms with Crippen molar-refractivity contribution in [1.82, 2.24) is 20.3 Å². The van der Waals surface area contributed by atoms with Gasteiger partial charge in [0.2, 0.25) is 11.7 Å². The van der Waals surface area contributed by atoms with Crippen molar-refractivity contribution >= 4 is 22.5 Å². The number of hydrogen-bond donors (Lipinski definition) is 2. The number of benzene rings is 2. The van der Waals surface area contributed by atoms with E-state index in [0.717, 1.165) is 10.9 Å². The van der Waals surface area contributed by atoms with Crippen LogP contribution in [0.15, 0.2) is 53.2 Å². The number of nitrogens with zero attached hydrogens (tertiary/aromatic N) is 3. The zero-order valence-corrected chi connectivity index (χ0v) is 13.9. The molecule has 2 aromatic carbocycles. The Balaban J connectivity index is 1.51. The lowest BCUT2D eigenvalue weighted by atomic mass is 10.1. The van der Waals surface area contributed by atoms with Crippen LogP contribution >= 0.6 is 0 Å². The number of carbonyl (C=O) groups is 1. The number of H-pyrrole nitrogens is 1. The first kappa shape index (κ1) is 15.8. The Bertz CT molecular complexity index is 1070. The van der Waals surface area contributed by atoms with Crippen LogP contribution in [-0.2, 0) is 6.61 Å². The van der Waals surface area contributed by atoms with Crippen LogP contribution in [-0.4, -0.2) is 26.2 Å². The summed E-state index contributed by atoms with van der Waals surface area (Å²) in [5.41, 5.74) is 1.92. The number of nitrogens with one attached hydrogen (secondary N) is 2. The van der Waals surface area contributed by atoms with Gasteiger partial charge in [-0.1, -0.05) is 17.3 Å². The number of anilines is 1. The molecule has 2 N–H and O–H groups in total. The highest BCUT2D eigenvalue weighted by atomic mass is 16.5. The van der Waals surface area contributed by atoms with Gasteiger partial charge in [0.15, 0.2) is 6.61 Å². The van der Waals surface area contributed by atoms with Gasteiger partial charge in [-0.05, 0) is 30.3 Å². The van der Waals surface area contributed by atoms with Crippen LogP contribution in [0, 0.1) is 6.92 Å². The van der Waals surface area contributed by atoms with Crippen LogP contribution in [0.3, 0.4) is 0 Å². The first-order valence-corrected chi connectivity index (χ1v) is 7.94. The molecule has 2 aromatic heterocycles. The summed E-state index contributed by atoms with van der Waals surface area (Å²) in [5.74, 6) is 1.05. The summed E-state index contributed by atoms with van der Waals surface area (Å²) in [7, 11) is 0. The molecule has 0 fully saturated rings. The molecule has 0 spiro atoms. The molecule has 0 aliphatic carbocycles. The second-order valence-corrected chi connectivity index (χ2v) is 5.64. The smallest absolute Gasteiger partial charge is 0.259 e. The second-order valence-electron chi connectivity index (χ2n) is 5.64. The fourth-order valence-corrected chi connectivity index (χ4v) is 2.54. The number of carbonyl (C=O) groups excluding carboxylic acids is 1. The van der Waals surface area contributed by atoms with Crippen LogP contribution in [0.25, 0.3) is 10.9 Å². The lowest BCUT2D eigenvalue weighted by Gasteiger charge is -2.10. The second kappa shape index (κ2) is 6.67. The third-order valence-corrected chi connectivity index (χ3v) is 3.76. The van der Waals surface area contributed by atoms with E-state index in [4.69, 9.17) is 9.26 Å². The largest absolute Gasteiger partial charge is 0.485 e. The van der Waals surface area contributed by atoms with Crippen LogP contribution in [0.2, 0.25) is 0 Å². The molecule has 4 rings (SSSR count). The van der Waals surface area contributed by atoms with Gasteiger partial charge in [-0.15, -0.1) is 0 Å². The van der Waals surface area contributed by atoms with E-state index < -0.39 is 0 Å². The summed E-state index contributed by atoms with van der Waals surface area (Å²) in [6, 6.07) is 12.5. The standard InChI is InChI=1S/C18H15N5O3/c1-11-20-17(23-26-11)10-25-16-5-3-2-4-14(16)18(24)21-13-7-6-12-9-19-22-15(12)8-13/h2-9H,10H2,1H3,(H,19,22)(H,21,24). The normalized spacial score (nSPS) is 10.8. The molecule has 4 aromatic rings. The summed E-state index contributed by atoms with van der Waals surface area (Å²) in [6.45, 7) is 1.82. The molecular formula is C18H15N5O3. The Labute approximate surface area is 148 Å². The Morgan fingerprint density at radius 3 is 3.00 bits per heavy atom. The third kappa shape index (κ3) is 3.25. The fourth-order valence-electron chi connectivity index (χ4n) is 2.54. The maximum atomic E-state index is 12.7. The van der Waals surface area contributed by atoms with Crippen LogP contribution in [0.1, 0.15) is 22.1 Å². The van der Waals surface area contributed by atoms with E-state index in [0.29, 0.717) is 28.7 Å². The molecule has 0 atom stereocenters. The number of para-hydroxylation sites is 1. The molecule has 8 heteroatoms. The Kier molecular flexibility index (Phi) is 4.06. The van der Waals surface area contributed by atoms with Gasteiger partial charge in [0.05, 0.1) is 17.3 Å². The molecule has 2 heterocycles. The monoisotopic (exact) mass is 349 g/mol. The number of aromatic nitrogens is 4. The first-order valence-electron chi connectivity index (χ1n) is 7.94. The molecule has 0 saturated carbocycles. The molecule has 1 amide bonds. The number of aromatic amines is 1. The van der Waals surface area contributed by atoms with E-state index in [1.165, 1.54) is 0 Å². The summed E-state index contributed by atoms with van der Waals surface area (Å²) in [4.78, 5) is 16.7. The van der Waals surface area contributed by atoms with Gasteiger partial charge in [0.25, 0.3) is 5.91 Å². The molecule has 130 valence electrons. The predicted molar refractivity (Wildman–Crippen MR) is 93.9 cm³/mol. The van der Waals surface area contributed by atoms with Crippen molar-refractivity contribution in [2.45, 2.75) is 13.5 Å². The average Bonchev–Trinajstić information content (AvgIpc) is 3.28. The number of amides is 1. The summed E-state index contributed by atoms with van der Waals surface area (Å²) in [6.07, 6.45) is 1.73. The van der Waals surface area contributed by atoms with Gasteiger partial charge in [-0.2, -0.15) is 10.1 Å². The molecule has 0 aliphatic rings. The van der Waals surface area contributed by atoms with E-state index in [1.54, 1.807) is 37.4 Å². The highest BCUT2D eigenvalue weighted by Crippen LogP contribution is 2.22. The Hall–Kier alpha value is -3.68. The molecule has 0 aliphatic heterocycles. The van der Waals surface area contributed by atoms with Crippen molar-refractivity contribution in [2.24, 2.45) is 0 Å². The Morgan fingerprint density at radius 2 is 2.15 bits per heavy atom. The molecule has 8 nitrogen and oxygen atoms in total. The minimum Gasteiger partial charge on any atom is -0.485 e. The summed E-state index contributed by atoms with van der Waals surface area (Å²) in [5, 5.41) is 14.5. The van der Waals surface area contributed by atoms with Crippen molar-refractivity contribution in [3.8, 4) is 5.75 Å². The average molecular weight is 349 g/mol. The van der Waals surface area contributed by atoms with Crippen molar-refractivity contribution in [1.29, 1.82) is 0 Å². The van der Waals surface area contributed by atoms with Crippen molar-refractivity contribution in [3.05, 3.63) is 65.9 Å². The number of hydrogen-bond acceptors (Lipinski definition) is 6. The Morgan fingerprint density at radius 1 is 1.27 bits per heavy atom. The van der Waals surface area contributed by atoms with Gasteiger partial charge in [0, 0.05) is 18.0 Å². The number of ether oxygens (including phenoxy) is 1. The highest BCUT2D eigenvalue weighted by molar-refractivity contribution is 6.06. The number of rotatable bonds is 5. The fraction of sp³-hybridized carbons (Fsp3) is 0.111. The maximum absolute atomic E-state index is 12.7. The van der Waals surface area contributed by atoms with E-state index in [1.807, 2.05) is 18.2 Å². The van der Waals surface area contributed by atoms with Gasteiger partial charge < -0.3 is 14.6 Å². The summed E-state index contributed by atoms with van der Waals surface area (Å²) < 4.78 is 10.6. The highest BCUT2D eigenvalue weighted by Gasteiger charge is 2.14. The van der Waals surface area contributed by atoms with Crippen LogP contribution in [0.5, 0.6) is 5.75 Å². The lowest BCUT2D eigenvalue weighted by molar-refractivity contribution is 0.102. The summed E-state index contributed by atoms with van der Waals surface area (Å²) >= 11 is 0. The van der Waals surface area contributed by atoms with Gasteiger partial charge in [0.1, 0.15) is 5.75 Å². The number of fused-ring (bicyclic) bond motifs is 1. The molecule has 26 heavy (non-hydrogen) atoms. The van der Waals surface area contributed by atoms with Gasteiger partial charge in [-0.3, -0.25) is 9.89 Å². The zero-order valence-electron chi connectivity index (χ0n) is 13.9. The predicted octanol–water partition coefficient (Wildman–Crippen LogP) is 3.09. The lowest BCUT2D eigenvalue weighted by Crippen LogP contribution is -2.13. The van der Waals surface area contributed by atoms with E-state index in [9.17, 15) is 4.79 Å². The van der Waals surface area contributed by atoms with Gasteiger partial charge >= 0.3 is 0 Å². The van der Waals surface area contributed by atoms with E-state index in [2.05, 4.69) is 25.7 Å². The number of aryl methyl sites for hydroxylation is 1. The quantitative estimate of drug-likeness (QED) is 0.573. The van der Waals surface area contributed by atoms with Crippen molar-refractivity contribution in [3.63, 3.8) is 0 Å². The SMILES string of the molecule is Cc1nc(COc2ccccc2C(=O)Nc2ccc3cn[nH]c3c2)no1. The van der Waals surface area contributed by atoms with Crippen LogP contribution in [0.4, 0.5) is 5.69 Å². The first-order chi connectivity index (χ1) is 12.7. The van der Waals surface area contributed by atoms with Crippen molar-refractivity contribution in [2.75, 3.05) is 5.32 Å². The van der Waals surface area contributed by atoms with Crippen molar-refractivity contribution < 1.29 is 14.1 Å². The van der Waals surface area contributed by atoms with Gasteiger partial charge in [-0.25, -0.2) is 0 Å². The molecular weight excluding hydrogens is 334 g/mol. The topological polar surface area (TPSA) is 106 Å². The zero-order chi connectivity index (χ0) is 17.9. The molecule has 0 unspecified atom stereocenters. The van der Waals surface area contributed by atoms with E-state index >= 15 is 0 Å². The molecule has 0 saturated heterocycles. The van der Waals surface area contributed by atoms with E-state index in [-0.39, 0.29) is 12.5 Å². The maximum Gasteiger partial charge on any atom is 0.259 e. The minimum absolute atomic E-state index is 0.113.